The second-order valence-corrected chi connectivity index (χ2v) is 3.51. The number of anilines is 1. The molecule has 0 radical (unpaired) electrons. The molecule has 0 fully saturated rings. The zero-order chi connectivity index (χ0) is 13.1. The lowest BCUT2D eigenvalue weighted by atomic mass is 10.2. The molecule has 0 spiro atoms. The molecule has 17 heavy (non-hydrogen) atoms. The van der Waals surface area contributed by atoms with E-state index in [-0.39, 0.29) is 10.9 Å². The fourth-order valence-electron chi connectivity index (χ4n) is 0.957. The summed E-state index contributed by atoms with van der Waals surface area (Å²) in [5, 5.41) is 3.10. The fourth-order valence-corrected chi connectivity index (χ4v) is 1.000. The van der Waals surface area contributed by atoms with Gasteiger partial charge in [0.2, 0.25) is 0 Å². The third-order valence-corrected chi connectivity index (χ3v) is 2.11. The van der Waals surface area contributed by atoms with Crippen LogP contribution in [0, 0.1) is 0 Å². The van der Waals surface area contributed by atoms with Gasteiger partial charge in [0.25, 0.3) is 0 Å². The fraction of sp³-hybridized carbons (Fsp3) is 0.200. The number of hydrazone groups is 1. The molecule has 0 saturated heterocycles. The van der Waals surface area contributed by atoms with Gasteiger partial charge in [0.1, 0.15) is 0 Å². The summed E-state index contributed by atoms with van der Waals surface area (Å²) in [6.07, 6.45) is -4.42. The Hall–Kier alpha value is -1.56. The van der Waals surface area contributed by atoms with Crippen molar-refractivity contribution in [2.24, 2.45) is 5.10 Å². The Morgan fingerprint density at radius 1 is 1.41 bits per heavy atom. The van der Waals surface area contributed by atoms with Crippen LogP contribution in [-0.4, -0.2) is 11.0 Å². The summed E-state index contributed by atoms with van der Waals surface area (Å²) in [5.74, 6) is -0.480. The van der Waals surface area contributed by atoms with E-state index in [2.05, 4.69) is 10.5 Å². The minimum atomic E-state index is -4.42. The van der Waals surface area contributed by atoms with E-state index < -0.39 is 17.5 Å². The molecule has 1 N–H and O–H groups in total. The maximum atomic E-state index is 12.4. The highest BCUT2D eigenvalue weighted by Gasteiger charge is 2.30. The van der Waals surface area contributed by atoms with E-state index in [9.17, 15) is 18.0 Å². The molecule has 3 nitrogen and oxygen atoms in total. The Balaban J connectivity index is 2.87. The lowest BCUT2D eigenvalue weighted by molar-refractivity contribution is -0.137. The molecular formula is C10H8ClF3N2O. The van der Waals surface area contributed by atoms with Gasteiger partial charge in [-0.15, -0.1) is 0 Å². The van der Waals surface area contributed by atoms with Crippen LogP contribution in [-0.2, 0) is 11.0 Å². The number of rotatable bonds is 3. The van der Waals surface area contributed by atoms with Crippen LogP contribution in [0.5, 0.6) is 0 Å². The lowest BCUT2D eigenvalue weighted by Crippen LogP contribution is -2.07. The molecule has 1 aromatic rings. The molecule has 0 aliphatic heterocycles. The first-order valence-electron chi connectivity index (χ1n) is 4.48. The van der Waals surface area contributed by atoms with E-state index in [1.54, 1.807) is 0 Å². The summed E-state index contributed by atoms with van der Waals surface area (Å²) in [6.45, 7) is 1.19. The third kappa shape index (κ3) is 4.07. The maximum Gasteiger partial charge on any atom is 0.416 e. The van der Waals surface area contributed by atoms with Crippen molar-refractivity contribution in [2.75, 3.05) is 5.43 Å². The highest BCUT2D eigenvalue weighted by molar-refractivity contribution is 6.82. The van der Waals surface area contributed by atoms with Crippen LogP contribution in [0.15, 0.2) is 29.4 Å². The maximum absolute atomic E-state index is 12.4. The predicted octanol–water partition coefficient (Wildman–Crippen LogP) is 3.26. The number of benzene rings is 1. The Bertz CT molecular complexity index is 457. The highest BCUT2D eigenvalue weighted by atomic mass is 35.5. The van der Waals surface area contributed by atoms with Crippen molar-refractivity contribution in [1.82, 2.24) is 0 Å². The second kappa shape index (κ2) is 5.18. The number of hydrogen-bond donors (Lipinski definition) is 1. The first kappa shape index (κ1) is 13.5. The molecule has 7 heteroatoms. The van der Waals surface area contributed by atoms with E-state index >= 15 is 0 Å². The van der Waals surface area contributed by atoms with E-state index in [1.807, 2.05) is 0 Å². The number of nitrogens with zero attached hydrogens (tertiary/aromatic N) is 1. The number of halogens is 4. The molecule has 92 valence electrons. The molecule has 0 heterocycles. The molecule has 1 aromatic carbocycles. The van der Waals surface area contributed by atoms with Crippen molar-refractivity contribution in [2.45, 2.75) is 13.1 Å². The van der Waals surface area contributed by atoms with Crippen LogP contribution < -0.4 is 5.43 Å². The topological polar surface area (TPSA) is 41.5 Å². The number of hydrogen-bond acceptors (Lipinski definition) is 3. The minimum absolute atomic E-state index is 0.0965. The summed E-state index contributed by atoms with van der Waals surface area (Å²) in [4.78, 5) is 10.7. The van der Waals surface area contributed by atoms with Crippen LogP contribution >= 0.6 is 11.6 Å². The Kier molecular flexibility index (Phi) is 4.11. The smallest absolute Gasteiger partial charge is 0.292 e. The molecule has 0 unspecified atom stereocenters. The van der Waals surface area contributed by atoms with Crippen molar-refractivity contribution >= 4 is 28.2 Å². The van der Waals surface area contributed by atoms with Crippen molar-refractivity contribution in [3.8, 4) is 0 Å². The number of carbonyl (C=O) groups is 1. The SMILES string of the molecule is CC(=O)/C(Cl)=N\Nc1cccc(C(F)(F)F)c1. The van der Waals surface area contributed by atoms with E-state index in [0.717, 1.165) is 12.1 Å². The van der Waals surface area contributed by atoms with Gasteiger partial charge in [0.15, 0.2) is 11.0 Å². The molecular weight excluding hydrogens is 257 g/mol. The predicted molar refractivity (Wildman–Crippen MR) is 59.0 cm³/mol. The molecule has 0 atom stereocenters. The number of nitrogens with one attached hydrogen (secondary N) is 1. The first-order chi connectivity index (χ1) is 7.80. The van der Waals surface area contributed by atoms with Crippen molar-refractivity contribution in [3.63, 3.8) is 0 Å². The van der Waals surface area contributed by atoms with Gasteiger partial charge in [-0.05, 0) is 18.2 Å². The largest absolute Gasteiger partial charge is 0.416 e. The van der Waals surface area contributed by atoms with Gasteiger partial charge >= 0.3 is 6.18 Å². The second-order valence-electron chi connectivity index (χ2n) is 3.15. The summed E-state index contributed by atoms with van der Waals surface area (Å²) < 4.78 is 37.1. The molecule has 0 bridgehead atoms. The summed E-state index contributed by atoms with van der Waals surface area (Å²) >= 11 is 5.41. The first-order valence-corrected chi connectivity index (χ1v) is 4.86. The van der Waals surface area contributed by atoms with E-state index in [0.29, 0.717) is 0 Å². The Morgan fingerprint density at radius 3 is 2.59 bits per heavy atom. The minimum Gasteiger partial charge on any atom is -0.292 e. The number of carbonyl (C=O) groups excluding carboxylic acids is 1. The molecule has 0 amide bonds. The van der Waals surface area contributed by atoms with Crippen LogP contribution in [0.25, 0.3) is 0 Å². The van der Waals surface area contributed by atoms with Crippen LogP contribution in [0.2, 0.25) is 0 Å². The summed E-state index contributed by atoms with van der Waals surface area (Å²) in [7, 11) is 0. The molecule has 0 saturated carbocycles. The average molecular weight is 265 g/mol. The quantitative estimate of drug-likeness (QED) is 0.672. The molecule has 0 aliphatic rings. The number of ketones is 1. The third-order valence-electron chi connectivity index (χ3n) is 1.76. The van der Waals surface area contributed by atoms with Crippen molar-refractivity contribution in [1.29, 1.82) is 0 Å². The van der Waals surface area contributed by atoms with Crippen molar-refractivity contribution in [3.05, 3.63) is 29.8 Å². The highest BCUT2D eigenvalue weighted by Crippen LogP contribution is 2.30. The molecule has 0 aliphatic carbocycles. The normalized spacial score (nSPS) is 12.4. The molecule has 1 rings (SSSR count). The van der Waals surface area contributed by atoms with Gasteiger partial charge in [0.05, 0.1) is 11.3 Å². The zero-order valence-corrected chi connectivity index (χ0v) is 9.43. The van der Waals surface area contributed by atoms with Crippen LogP contribution in [0.1, 0.15) is 12.5 Å². The van der Waals surface area contributed by atoms with Gasteiger partial charge in [-0.1, -0.05) is 17.7 Å². The van der Waals surface area contributed by atoms with Gasteiger partial charge in [-0.3, -0.25) is 10.2 Å². The van der Waals surface area contributed by atoms with Crippen LogP contribution in [0.3, 0.4) is 0 Å². The Morgan fingerprint density at radius 2 is 2.06 bits per heavy atom. The monoisotopic (exact) mass is 264 g/mol. The average Bonchev–Trinajstić information content (AvgIpc) is 2.25. The van der Waals surface area contributed by atoms with Gasteiger partial charge in [0, 0.05) is 6.92 Å². The Labute approximate surface area is 100 Å². The number of Topliss-reactive ketones (excluding diaryl/α,β-unsaturated/α-hetero) is 1. The van der Waals surface area contributed by atoms with E-state index in [4.69, 9.17) is 11.6 Å². The van der Waals surface area contributed by atoms with Gasteiger partial charge < -0.3 is 0 Å². The van der Waals surface area contributed by atoms with Gasteiger partial charge in [-0.2, -0.15) is 18.3 Å². The summed E-state index contributed by atoms with van der Waals surface area (Å²) in [5.41, 5.74) is 1.56. The van der Waals surface area contributed by atoms with Crippen molar-refractivity contribution < 1.29 is 18.0 Å². The van der Waals surface area contributed by atoms with E-state index in [1.165, 1.54) is 19.1 Å². The zero-order valence-electron chi connectivity index (χ0n) is 8.68. The standard InChI is InChI=1S/C10H8ClF3N2O/c1-6(17)9(11)16-15-8-4-2-3-7(5-8)10(12,13)14/h2-5,15H,1H3/b16-9+. The number of alkyl halides is 3. The lowest BCUT2D eigenvalue weighted by Gasteiger charge is -2.08. The van der Waals surface area contributed by atoms with Crippen LogP contribution in [0.4, 0.5) is 18.9 Å². The van der Waals surface area contributed by atoms with Gasteiger partial charge in [-0.25, -0.2) is 0 Å². The summed E-state index contributed by atoms with van der Waals surface area (Å²) in [6, 6.07) is 4.40. The molecule has 0 aromatic heterocycles.